The molecule has 1 atom stereocenters. The van der Waals surface area contributed by atoms with Gasteiger partial charge in [0.2, 0.25) is 10.0 Å². The van der Waals surface area contributed by atoms with E-state index in [2.05, 4.69) is 4.72 Å². The van der Waals surface area contributed by atoms with Crippen LogP contribution < -0.4 is 10.5 Å². The zero-order valence-corrected chi connectivity index (χ0v) is 13.7. The van der Waals surface area contributed by atoms with Gasteiger partial charge in [0, 0.05) is 24.7 Å². The average Bonchev–Trinajstić information content (AvgIpc) is 3.27. The number of nitrogens with two attached hydrogens (primary N) is 1. The van der Waals surface area contributed by atoms with Crippen molar-refractivity contribution in [1.29, 1.82) is 0 Å². The van der Waals surface area contributed by atoms with Gasteiger partial charge < -0.3 is 5.73 Å². The second-order valence-corrected chi connectivity index (χ2v) is 6.92. The summed E-state index contributed by atoms with van der Waals surface area (Å²) in [4.78, 5) is 8.55. The number of nitrogens with one attached hydrogen (secondary N) is 1. The first-order valence-corrected chi connectivity index (χ1v) is 8.12. The quantitative estimate of drug-likeness (QED) is 0.570. The number of rotatable bonds is 6. The molecule has 1 saturated carbocycles. The van der Waals surface area contributed by atoms with E-state index in [1.807, 2.05) is 0 Å². The van der Waals surface area contributed by atoms with Gasteiger partial charge in [-0.15, -0.1) is 12.4 Å². The predicted octanol–water partition coefficient (Wildman–Crippen LogP) is 2.05. The lowest BCUT2D eigenvalue weighted by molar-refractivity contribution is -0.385. The molecule has 1 aromatic carbocycles. The molecule has 0 aromatic heterocycles. The van der Waals surface area contributed by atoms with Crippen molar-refractivity contribution in [2.24, 2.45) is 11.7 Å². The van der Waals surface area contributed by atoms with Gasteiger partial charge in [-0.2, -0.15) is 13.2 Å². The third-order valence-electron chi connectivity index (χ3n) is 3.52. The van der Waals surface area contributed by atoms with Gasteiger partial charge in [0.1, 0.15) is 0 Å². The summed E-state index contributed by atoms with van der Waals surface area (Å²) < 4.78 is 65.9. The summed E-state index contributed by atoms with van der Waals surface area (Å²) in [5.41, 5.74) is 3.03. The maximum Gasteiger partial charge on any atom is 0.417 e. The molecule has 0 radical (unpaired) electrons. The van der Waals surface area contributed by atoms with Gasteiger partial charge in [-0.1, -0.05) is 0 Å². The van der Waals surface area contributed by atoms with Crippen molar-refractivity contribution in [1.82, 2.24) is 4.72 Å². The highest BCUT2D eigenvalue weighted by molar-refractivity contribution is 7.89. The van der Waals surface area contributed by atoms with Gasteiger partial charge in [0.05, 0.1) is 15.4 Å². The molecule has 1 aliphatic rings. The maximum atomic E-state index is 13.1. The Bertz CT molecular complexity index is 723. The molecule has 0 saturated heterocycles. The number of nitro benzene ring substituents is 1. The predicted molar refractivity (Wildman–Crippen MR) is 81.2 cm³/mol. The van der Waals surface area contributed by atoms with Crippen molar-refractivity contribution >= 4 is 28.1 Å². The first-order valence-electron chi connectivity index (χ1n) is 6.64. The van der Waals surface area contributed by atoms with Gasteiger partial charge in [-0.3, -0.25) is 10.1 Å². The molecule has 0 amide bonds. The molecule has 136 valence electrons. The zero-order chi connectivity index (χ0) is 17.4. The van der Waals surface area contributed by atoms with Crippen LogP contribution in [0, 0.1) is 16.0 Å². The molecule has 0 aliphatic heterocycles. The molecule has 3 N–H and O–H groups in total. The normalized spacial score (nSPS) is 16.3. The van der Waals surface area contributed by atoms with Crippen molar-refractivity contribution in [3.63, 3.8) is 0 Å². The number of alkyl halides is 3. The molecule has 1 fully saturated rings. The van der Waals surface area contributed by atoms with Gasteiger partial charge in [-0.05, 0) is 24.8 Å². The molecule has 1 aliphatic carbocycles. The van der Waals surface area contributed by atoms with Crippen molar-refractivity contribution in [3.05, 3.63) is 33.9 Å². The SMILES string of the molecule is Cl.NCC(NS(=O)(=O)c1ccc([N+](=O)[O-])cc1C(F)(F)F)C1CC1. The topological polar surface area (TPSA) is 115 Å². The van der Waals surface area contributed by atoms with Crippen LogP contribution in [0.5, 0.6) is 0 Å². The molecule has 0 heterocycles. The molecule has 0 spiro atoms. The molecule has 0 bridgehead atoms. The Kier molecular flexibility index (Phi) is 6.20. The summed E-state index contributed by atoms with van der Waals surface area (Å²) in [5, 5.41) is 10.6. The van der Waals surface area contributed by atoms with Crippen LogP contribution in [0.3, 0.4) is 0 Å². The molecule has 1 unspecified atom stereocenters. The number of non-ortho nitro benzene ring substituents is 1. The minimum atomic E-state index is -5.05. The molecule has 2 rings (SSSR count). The van der Waals surface area contributed by atoms with Crippen LogP contribution in [0.25, 0.3) is 0 Å². The van der Waals surface area contributed by atoms with Gasteiger partial charge in [-0.25, -0.2) is 13.1 Å². The molecule has 1 aromatic rings. The Morgan fingerprint density at radius 3 is 2.38 bits per heavy atom. The number of hydrogen-bond donors (Lipinski definition) is 2. The van der Waals surface area contributed by atoms with Crippen LogP contribution in [-0.4, -0.2) is 25.9 Å². The highest BCUT2D eigenvalue weighted by Gasteiger charge is 2.40. The van der Waals surface area contributed by atoms with Crippen LogP contribution in [0.4, 0.5) is 18.9 Å². The lowest BCUT2D eigenvalue weighted by atomic mass is 10.2. The first-order chi connectivity index (χ1) is 10.6. The van der Waals surface area contributed by atoms with Crippen LogP contribution in [0.1, 0.15) is 18.4 Å². The van der Waals surface area contributed by atoms with E-state index >= 15 is 0 Å². The van der Waals surface area contributed by atoms with E-state index in [0.717, 1.165) is 18.9 Å². The van der Waals surface area contributed by atoms with Crippen molar-refractivity contribution in [3.8, 4) is 0 Å². The van der Waals surface area contributed by atoms with E-state index in [1.165, 1.54) is 0 Å². The van der Waals surface area contributed by atoms with E-state index in [4.69, 9.17) is 5.73 Å². The summed E-state index contributed by atoms with van der Waals surface area (Å²) in [6, 6.07) is 0.863. The van der Waals surface area contributed by atoms with E-state index < -0.39 is 43.3 Å². The van der Waals surface area contributed by atoms with E-state index in [0.29, 0.717) is 6.07 Å². The second kappa shape index (κ2) is 7.21. The highest BCUT2D eigenvalue weighted by Crippen LogP contribution is 2.37. The van der Waals surface area contributed by atoms with Crippen molar-refractivity contribution < 1.29 is 26.5 Å². The largest absolute Gasteiger partial charge is 0.417 e. The molecular weight excluding hydrogens is 375 g/mol. The van der Waals surface area contributed by atoms with Crippen molar-refractivity contribution in [2.75, 3.05) is 6.54 Å². The smallest absolute Gasteiger partial charge is 0.329 e. The van der Waals surface area contributed by atoms with Crippen LogP contribution in [0.15, 0.2) is 23.1 Å². The Morgan fingerprint density at radius 2 is 1.96 bits per heavy atom. The van der Waals surface area contributed by atoms with Crippen molar-refractivity contribution in [2.45, 2.75) is 30.0 Å². The summed E-state index contributed by atoms with van der Waals surface area (Å²) >= 11 is 0. The third kappa shape index (κ3) is 4.56. The number of nitro groups is 1. The average molecular weight is 390 g/mol. The lowest BCUT2D eigenvalue weighted by Gasteiger charge is -2.18. The minimum Gasteiger partial charge on any atom is -0.329 e. The zero-order valence-electron chi connectivity index (χ0n) is 12.1. The molecular formula is C12H15ClF3N3O4S. The van der Waals surface area contributed by atoms with Crippen LogP contribution >= 0.6 is 12.4 Å². The summed E-state index contributed by atoms with van der Waals surface area (Å²) in [6.45, 7) is -0.0434. The summed E-state index contributed by atoms with van der Waals surface area (Å²) in [6.07, 6.45) is -3.55. The number of hydrogen-bond acceptors (Lipinski definition) is 5. The molecule has 24 heavy (non-hydrogen) atoms. The minimum absolute atomic E-state index is 0. The monoisotopic (exact) mass is 389 g/mol. The lowest BCUT2D eigenvalue weighted by Crippen LogP contribution is -2.42. The van der Waals surface area contributed by atoms with Gasteiger partial charge in [0.25, 0.3) is 5.69 Å². The summed E-state index contributed by atoms with van der Waals surface area (Å²) in [7, 11) is -4.51. The number of nitrogens with zero attached hydrogens (tertiary/aromatic N) is 1. The third-order valence-corrected chi connectivity index (χ3v) is 5.07. The fourth-order valence-electron chi connectivity index (χ4n) is 2.19. The standard InChI is InChI=1S/C12H14F3N3O4S.ClH/c13-12(14,15)9-5-8(18(19)20)3-4-11(9)23(21,22)17-10(6-16)7-1-2-7;/h3-5,7,10,17H,1-2,6,16H2;1H. The number of benzene rings is 1. The molecule has 7 nitrogen and oxygen atoms in total. The summed E-state index contributed by atoms with van der Waals surface area (Å²) in [5.74, 6) is 0.00200. The first kappa shape index (κ1) is 20.6. The van der Waals surface area contributed by atoms with Gasteiger partial charge in [0.15, 0.2) is 0 Å². The number of sulfonamides is 1. The van der Waals surface area contributed by atoms with E-state index in [9.17, 15) is 31.7 Å². The fraction of sp³-hybridized carbons (Fsp3) is 0.500. The Hall–Kier alpha value is -1.43. The maximum absolute atomic E-state index is 13.1. The van der Waals surface area contributed by atoms with E-state index in [1.54, 1.807) is 0 Å². The van der Waals surface area contributed by atoms with Crippen LogP contribution in [-0.2, 0) is 16.2 Å². The Morgan fingerprint density at radius 1 is 1.38 bits per heavy atom. The highest BCUT2D eigenvalue weighted by atomic mass is 35.5. The van der Waals surface area contributed by atoms with Gasteiger partial charge >= 0.3 is 6.18 Å². The Balaban J connectivity index is 0.00000288. The van der Waals surface area contributed by atoms with E-state index in [-0.39, 0.29) is 30.9 Å². The Labute approximate surface area is 142 Å². The fourth-order valence-corrected chi connectivity index (χ4v) is 3.71. The van der Waals surface area contributed by atoms with Crippen LogP contribution in [0.2, 0.25) is 0 Å². The number of halogens is 4. The molecule has 12 heteroatoms. The second-order valence-electron chi connectivity index (χ2n) is 5.24.